The Labute approximate surface area is 65.8 Å². The number of isocyanates is 1. The molecule has 1 aromatic rings. The first kappa shape index (κ1) is 7.70. The van der Waals surface area contributed by atoms with Gasteiger partial charge in [0.2, 0.25) is 5.69 Å². The lowest BCUT2D eigenvalue weighted by Gasteiger charge is -1.90. The molecule has 2 nitrogen and oxygen atoms in total. The Bertz CT molecular complexity index is 273. The molecule has 0 saturated heterocycles. The van der Waals surface area contributed by atoms with Crippen molar-refractivity contribution in [2.45, 2.75) is 6.92 Å². The van der Waals surface area contributed by atoms with Gasteiger partial charge in [0.25, 0.3) is 0 Å². The lowest BCUT2D eigenvalue weighted by molar-refractivity contribution is -0.433. The van der Waals surface area contributed by atoms with E-state index in [1.165, 1.54) is 4.58 Å². The average molecular weight is 148 g/mol. The molecule has 0 aliphatic rings. The second-order valence-corrected chi connectivity index (χ2v) is 2.17. The highest BCUT2D eigenvalue weighted by molar-refractivity contribution is 5.36. The minimum Gasteiger partial charge on any atom is -0.159 e. The largest absolute Gasteiger partial charge is 0.430 e. The van der Waals surface area contributed by atoms with Gasteiger partial charge in [-0.15, -0.1) is 4.58 Å². The summed E-state index contributed by atoms with van der Waals surface area (Å²) in [4.78, 5) is 10.3. The fourth-order valence-electron chi connectivity index (χ4n) is 0.908. The fourth-order valence-corrected chi connectivity index (χ4v) is 0.908. The molecular weight excluding hydrogens is 138 g/mol. The predicted octanol–water partition coefficient (Wildman–Crippen LogP) is 1.69. The summed E-state index contributed by atoms with van der Waals surface area (Å²) < 4.78 is 1.53. The van der Waals surface area contributed by atoms with Crippen molar-refractivity contribution in [1.29, 1.82) is 0 Å². The van der Waals surface area contributed by atoms with Crippen molar-refractivity contribution in [2.75, 3.05) is 6.54 Å². The van der Waals surface area contributed by atoms with Crippen molar-refractivity contribution in [3.63, 3.8) is 0 Å². The van der Waals surface area contributed by atoms with Crippen LogP contribution in [0.1, 0.15) is 6.92 Å². The fraction of sp³-hybridized carbons (Fsp3) is 0.222. The third-order valence-corrected chi connectivity index (χ3v) is 1.49. The number of para-hydroxylation sites is 1. The van der Waals surface area contributed by atoms with Crippen molar-refractivity contribution < 1.29 is 9.37 Å². The van der Waals surface area contributed by atoms with Gasteiger partial charge in [-0.1, -0.05) is 18.2 Å². The van der Waals surface area contributed by atoms with Crippen LogP contribution >= 0.6 is 0 Å². The van der Waals surface area contributed by atoms with E-state index >= 15 is 0 Å². The van der Waals surface area contributed by atoms with Crippen LogP contribution in [0.5, 0.6) is 0 Å². The first-order valence-electron chi connectivity index (χ1n) is 3.59. The third kappa shape index (κ3) is 1.76. The summed E-state index contributed by atoms with van der Waals surface area (Å²) in [6.45, 7) is 2.57. The van der Waals surface area contributed by atoms with E-state index in [4.69, 9.17) is 0 Å². The van der Waals surface area contributed by atoms with Gasteiger partial charge in [-0.05, 0) is 6.92 Å². The zero-order valence-electron chi connectivity index (χ0n) is 6.45. The molecule has 0 aliphatic carbocycles. The first-order chi connectivity index (χ1) is 5.38. The molecule has 0 spiro atoms. The molecule has 2 heteroatoms. The van der Waals surface area contributed by atoms with Crippen LogP contribution in [-0.4, -0.2) is 17.2 Å². The Hall–Kier alpha value is -1.40. The van der Waals surface area contributed by atoms with Gasteiger partial charge in [-0.3, -0.25) is 0 Å². The summed E-state index contributed by atoms with van der Waals surface area (Å²) in [5.74, 6) is 0. The maximum atomic E-state index is 10.3. The number of hydrogen-bond acceptors (Lipinski definition) is 1. The molecule has 0 unspecified atom stereocenters. The highest BCUT2D eigenvalue weighted by atomic mass is 16.1. The highest BCUT2D eigenvalue weighted by Gasteiger charge is 2.03. The van der Waals surface area contributed by atoms with Gasteiger partial charge < -0.3 is 0 Å². The minimum absolute atomic E-state index is 0.660. The molecule has 1 rings (SSSR count). The normalized spacial score (nSPS) is 8.82. The van der Waals surface area contributed by atoms with Crippen LogP contribution in [0.3, 0.4) is 0 Å². The molecule has 0 heterocycles. The maximum Gasteiger partial charge on any atom is 0.430 e. The van der Waals surface area contributed by atoms with Crippen molar-refractivity contribution in [3.05, 3.63) is 30.3 Å². The summed E-state index contributed by atoms with van der Waals surface area (Å²) in [7, 11) is 0. The Balaban J connectivity index is 3.02. The van der Waals surface area contributed by atoms with Gasteiger partial charge in [0.15, 0.2) is 6.54 Å². The zero-order valence-corrected chi connectivity index (χ0v) is 6.45. The molecule has 0 amide bonds. The predicted molar refractivity (Wildman–Crippen MR) is 42.6 cm³/mol. The molecule has 11 heavy (non-hydrogen) atoms. The van der Waals surface area contributed by atoms with E-state index in [0.29, 0.717) is 6.54 Å². The molecule has 0 atom stereocenters. The standard InChI is InChI=1S/C9H10NO/c1-2-10(8-11)9-6-4-3-5-7-9/h3-7H,2H2,1H3/q+1. The van der Waals surface area contributed by atoms with Crippen LogP contribution < -0.4 is 0 Å². The lowest BCUT2D eigenvalue weighted by atomic mass is 10.3. The number of carbonyl (C=O) groups excluding carboxylic acids is 1. The summed E-state index contributed by atoms with van der Waals surface area (Å²) >= 11 is 0. The molecule has 0 fully saturated rings. The molecule has 0 N–H and O–H groups in total. The van der Waals surface area contributed by atoms with Crippen LogP contribution in [0.4, 0.5) is 5.69 Å². The Morgan fingerprint density at radius 1 is 1.36 bits per heavy atom. The van der Waals surface area contributed by atoms with Crippen LogP contribution in [0.25, 0.3) is 0 Å². The van der Waals surface area contributed by atoms with E-state index in [9.17, 15) is 4.79 Å². The van der Waals surface area contributed by atoms with E-state index < -0.39 is 0 Å². The highest BCUT2D eigenvalue weighted by Crippen LogP contribution is 2.07. The minimum atomic E-state index is 0.660. The second kappa shape index (κ2) is 3.69. The Morgan fingerprint density at radius 3 is 2.45 bits per heavy atom. The number of benzene rings is 1. The van der Waals surface area contributed by atoms with E-state index in [1.807, 2.05) is 43.3 Å². The molecule has 1 aromatic carbocycles. The van der Waals surface area contributed by atoms with E-state index in [2.05, 4.69) is 0 Å². The number of rotatable bonds is 2. The van der Waals surface area contributed by atoms with Gasteiger partial charge >= 0.3 is 6.08 Å². The monoisotopic (exact) mass is 148 g/mol. The Morgan fingerprint density at radius 2 is 2.00 bits per heavy atom. The van der Waals surface area contributed by atoms with Gasteiger partial charge in [-0.25, -0.2) is 0 Å². The molecular formula is C9H10NO+. The number of nitrogens with zero attached hydrogens (tertiary/aromatic N) is 1. The summed E-state index contributed by atoms with van der Waals surface area (Å²) in [6, 6.07) is 9.48. The molecule has 0 aromatic heterocycles. The zero-order chi connectivity index (χ0) is 8.10. The summed E-state index contributed by atoms with van der Waals surface area (Å²) in [5.41, 5.74) is 0.894. The Kier molecular flexibility index (Phi) is 2.59. The van der Waals surface area contributed by atoms with Crippen molar-refractivity contribution in [2.24, 2.45) is 0 Å². The lowest BCUT2D eigenvalue weighted by Crippen LogP contribution is -2.01. The van der Waals surface area contributed by atoms with Crippen LogP contribution in [0, 0.1) is 0 Å². The number of hydrogen-bond donors (Lipinski definition) is 0. The van der Waals surface area contributed by atoms with Crippen molar-refractivity contribution in [1.82, 2.24) is 0 Å². The topological polar surface area (TPSA) is 20.1 Å². The van der Waals surface area contributed by atoms with E-state index in [0.717, 1.165) is 5.69 Å². The molecule has 0 bridgehead atoms. The van der Waals surface area contributed by atoms with Crippen molar-refractivity contribution >= 4 is 11.8 Å². The van der Waals surface area contributed by atoms with Crippen LogP contribution in [0.15, 0.2) is 30.3 Å². The summed E-state index contributed by atoms with van der Waals surface area (Å²) in [6.07, 6.45) is 1.85. The van der Waals surface area contributed by atoms with E-state index in [-0.39, 0.29) is 0 Å². The smallest absolute Gasteiger partial charge is 0.159 e. The third-order valence-electron chi connectivity index (χ3n) is 1.49. The van der Waals surface area contributed by atoms with Gasteiger partial charge in [0.05, 0.1) is 0 Å². The SMILES string of the molecule is CC[N+](=C=O)c1ccccc1. The maximum absolute atomic E-state index is 10.3. The average Bonchev–Trinajstić information content (AvgIpc) is 2.09. The first-order valence-corrected chi connectivity index (χ1v) is 3.59. The van der Waals surface area contributed by atoms with Crippen molar-refractivity contribution in [3.8, 4) is 0 Å². The molecule has 56 valence electrons. The van der Waals surface area contributed by atoms with Crippen LogP contribution in [-0.2, 0) is 4.79 Å². The van der Waals surface area contributed by atoms with E-state index in [1.54, 1.807) is 0 Å². The van der Waals surface area contributed by atoms with Gasteiger partial charge in [0, 0.05) is 12.1 Å². The molecule has 0 radical (unpaired) electrons. The van der Waals surface area contributed by atoms with Crippen LogP contribution in [0.2, 0.25) is 0 Å². The quantitative estimate of drug-likeness (QED) is 0.355. The summed E-state index contributed by atoms with van der Waals surface area (Å²) in [5, 5.41) is 0. The molecule has 0 saturated carbocycles. The van der Waals surface area contributed by atoms with Gasteiger partial charge in [-0.2, -0.15) is 4.79 Å². The second-order valence-electron chi connectivity index (χ2n) is 2.17. The van der Waals surface area contributed by atoms with Gasteiger partial charge in [0.1, 0.15) is 0 Å². The molecule has 0 aliphatic heterocycles.